The number of aliphatic hydroxyl groups is 1. The maximum atomic E-state index is 10.0. The molecule has 5 nitrogen and oxygen atoms in total. The lowest BCUT2D eigenvalue weighted by atomic mass is 10.2. The van der Waals surface area contributed by atoms with Crippen LogP contribution in [0.2, 0.25) is 0 Å². The molecule has 2 aromatic rings. The molecule has 0 heterocycles. The molecule has 0 spiro atoms. The van der Waals surface area contributed by atoms with Crippen LogP contribution in [-0.2, 0) is 0 Å². The number of hydrogen-bond donors (Lipinski definition) is 4. The molecular formula is C17H21N3O2S. The predicted octanol–water partition coefficient (Wildman–Crippen LogP) is 2.45. The zero-order valence-electron chi connectivity index (χ0n) is 13.0. The first-order chi connectivity index (χ1) is 11.2. The van der Waals surface area contributed by atoms with Crippen LogP contribution in [0.5, 0.6) is 5.75 Å². The van der Waals surface area contributed by atoms with Gasteiger partial charge in [-0.3, -0.25) is 0 Å². The Bertz CT molecular complexity index is 622. The fourth-order valence-corrected chi connectivity index (χ4v) is 2.20. The molecule has 122 valence electrons. The molecule has 23 heavy (non-hydrogen) atoms. The molecule has 4 N–H and O–H groups in total. The van der Waals surface area contributed by atoms with Gasteiger partial charge >= 0.3 is 0 Å². The lowest BCUT2D eigenvalue weighted by Gasteiger charge is -2.17. The van der Waals surface area contributed by atoms with Gasteiger partial charge < -0.3 is 25.8 Å². The lowest BCUT2D eigenvalue weighted by Crippen LogP contribution is -2.37. The normalized spacial score (nSPS) is 11.4. The molecule has 0 aromatic heterocycles. The van der Waals surface area contributed by atoms with Gasteiger partial charge in [0.15, 0.2) is 5.11 Å². The molecule has 0 fully saturated rings. The van der Waals surface area contributed by atoms with Gasteiger partial charge in [0.1, 0.15) is 5.75 Å². The first-order valence-corrected chi connectivity index (χ1v) is 7.74. The summed E-state index contributed by atoms with van der Waals surface area (Å²) in [5.41, 5.74) is 1.76. The van der Waals surface area contributed by atoms with E-state index in [1.165, 1.54) is 0 Å². The lowest BCUT2D eigenvalue weighted by molar-refractivity contribution is 0.191. The van der Waals surface area contributed by atoms with Gasteiger partial charge in [-0.05, 0) is 36.5 Å². The largest absolute Gasteiger partial charge is 0.495 e. The van der Waals surface area contributed by atoms with Crippen molar-refractivity contribution in [2.45, 2.75) is 6.10 Å². The summed E-state index contributed by atoms with van der Waals surface area (Å²) in [5.74, 6) is 0.744. The van der Waals surface area contributed by atoms with Crippen LogP contribution in [0.25, 0.3) is 0 Å². The molecule has 0 aliphatic carbocycles. The zero-order valence-corrected chi connectivity index (χ0v) is 13.8. The smallest absolute Gasteiger partial charge is 0.170 e. The summed E-state index contributed by atoms with van der Waals surface area (Å²) >= 11 is 5.20. The summed E-state index contributed by atoms with van der Waals surface area (Å²) in [4.78, 5) is 0. The van der Waals surface area contributed by atoms with Crippen LogP contribution in [0, 0.1) is 0 Å². The van der Waals surface area contributed by atoms with Crippen molar-refractivity contribution in [1.29, 1.82) is 0 Å². The van der Waals surface area contributed by atoms with E-state index in [1.54, 1.807) is 7.11 Å². The molecule has 0 radical (unpaired) electrons. The molecular weight excluding hydrogens is 310 g/mol. The minimum absolute atomic E-state index is 0.348. The molecule has 0 amide bonds. The Morgan fingerprint density at radius 3 is 2.52 bits per heavy atom. The van der Waals surface area contributed by atoms with Crippen LogP contribution >= 0.6 is 12.2 Å². The van der Waals surface area contributed by atoms with Crippen LogP contribution in [0.4, 0.5) is 11.4 Å². The van der Waals surface area contributed by atoms with Gasteiger partial charge in [0.25, 0.3) is 0 Å². The second-order valence-electron chi connectivity index (χ2n) is 4.94. The van der Waals surface area contributed by atoms with Crippen molar-refractivity contribution in [3.63, 3.8) is 0 Å². The maximum absolute atomic E-state index is 10.0. The highest BCUT2D eigenvalue weighted by molar-refractivity contribution is 7.80. The molecule has 0 saturated heterocycles. The summed E-state index contributed by atoms with van der Waals surface area (Å²) in [6.45, 7) is 0.738. The summed E-state index contributed by atoms with van der Waals surface area (Å²) in [5, 5.41) is 19.7. The van der Waals surface area contributed by atoms with Gasteiger partial charge in [-0.25, -0.2) is 0 Å². The number of benzene rings is 2. The van der Waals surface area contributed by atoms with E-state index in [9.17, 15) is 5.11 Å². The standard InChI is InChI=1S/C17H21N3O2S/c1-22-16-10-6-5-9-15(16)18-11-14(21)12-19-17(23)20-13-7-3-2-4-8-13/h2-10,14,18,21H,11-12H2,1H3,(H2,19,20,23). The van der Waals surface area contributed by atoms with Crippen molar-refractivity contribution < 1.29 is 9.84 Å². The number of ether oxygens (including phenoxy) is 1. The topological polar surface area (TPSA) is 65.5 Å². The highest BCUT2D eigenvalue weighted by atomic mass is 32.1. The third-order valence-electron chi connectivity index (χ3n) is 3.17. The average Bonchev–Trinajstić information content (AvgIpc) is 2.59. The van der Waals surface area contributed by atoms with E-state index in [-0.39, 0.29) is 0 Å². The third-order valence-corrected chi connectivity index (χ3v) is 3.41. The number of nitrogens with one attached hydrogen (secondary N) is 3. The number of hydrogen-bond acceptors (Lipinski definition) is 4. The van der Waals surface area contributed by atoms with Crippen molar-refractivity contribution in [3.8, 4) is 5.75 Å². The Labute approximate surface area is 141 Å². The number of anilines is 2. The van der Waals surface area contributed by atoms with Crippen molar-refractivity contribution in [2.24, 2.45) is 0 Å². The molecule has 2 rings (SSSR count). The molecule has 1 unspecified atom stereocenters. The Morgan fingerprint density at radius 2 is 1.78 bits per heavy atom. The van der Waals surface area contributed by atoms with Crippen molar-refractivity contribution in [3.05, 3.63) is 54.6 Å². The van der Waals surface area contributed by atoms with E-state index in [0.717, 1.165) is 17.1 Å². The van der Waals surface area contributed by atoms with Crippen LogP contribution in [0.15, 0.2) is 54.6 Å². The van der Waals surface area contributed by atoms with Gasteiger partial charge in [-0.1, -0.05) is 30.3 Å². The quantitative estimate of drug-likeness (QED) is 0.585. The van der Waals surface area contributed by atoms with Crippen LogP contribution < -0.4 is 20.7 Å². The van der Waals surface area contributed by atoms with E-state index >= 15 is 0 Å². The molecule has 0 bridgehead atoms. The van der Waals surface area contributed by atoms with E-state index in [2.05, 4.69) is 16.0 Å². The van der Waals surface area contributed by atoms with Crippen LogP contribution in [0.3, 0.4) is 0 Å². The molecule has 2 aromatic carbocycles. The Balaban J connectivity index is 1.72. The Kier molecular flexibility index (Phi) is 6.65. The average molecular weight is 331 g/mol. The van der Waals surface area contributed by atoms with E-state index in [4.69, 9.17) is 17.0 Å². The number of methoxy groups -OCH3 is 1. The summed E-state index contributed by atoms with van der Waals surface area (Å²) < 4.78 is 5.25. The molecule has 6 heteroatoms. The number of aliphatic hydroxyl groups excluding tert-OH is 1. The fraction of sp³-hybridized carbons (Fsp3) is 0.235. The summed E-state index contributed by atoms with van der Waals surface area (Å²) in [6.07, 6.45) is -0.588. The minimum Gasteiger partial charge on any atom is -0.495 e. The molecule has 0 aliphatic heterocycles. The maximum Gasteiger partial charge on any atom is 0.170 e. The highest BCUT2D eigenvalue weighted by Gasteiger charge is 2.07. The molecule has 0 saturated carbocycles. The monoisotopic (exact) mass is 331 g/mol. The van der Waals surface area contributed by atoms with Gasteiger partial charge in [-0.15, -0.1) is 0 Å². The highest BCUT2D eigenvalue weighted by Crippen LogP contribution is 2.22. The Morgan fingerprint density at radius 1 is 1.09 bits per heavy atom. The SMILES string of the molecule is COc1ccccc1NCC(O)CNC(=S)Nc1ccccc1. The van der Waals surface area contributed by atoms with E-state index in [1.807, 2.05) is 54.6 Å². The first kappa shape index (κ1) is 17.1. The zero-order chi connectivity index (χ0) is 16.5. The summed E-state index contributed by atoms with van der Waals surface area (Å²) in [7, 11) is 1.62. The van der Waals surface area contributed by atoms with Gasteiger partial charge in [0, 0.05) is 18.8 Å². The minimum atomic E-state index is -0.588. The van der Waals surface area contributed by atoms with Crippen LogP contribution in [0.1, 0.15) is 0 Å². The second-order valence-corrected chi connectivity index (χ2v) is 5.34. The number of rotatable bonds is 7. The van der Waals surface area contributed by atoms with Crippen LogP contribution in [-0.4, -0.2) is 36.5 Å². The molecule has 1 atom stereocenters. The van der Waals surface area contributed by atoms with Gasteiger partial charge in [0.2, 0.25) is 0 Å². The Hall–Kier alpha value is -2.31. The van der Waals surface area contributed by atoms with Crippen molar-refractivity contribution in [1.82, 2.24) is 5.32 Å². The fourth-order valence-electron chi connectivity index (χ4n) is 2.00. The molecule has 0 aliphatic rings. The predicted molar refractivity (Wildman–Crippen MR) is 98.2 cm³/mol. The third kappa shape index (κ3) is 5.77. The second kappa shape index (κ2) is 8.97. The van der Waals surface area contributed by atoms with Gasteiger partial charge in [-0.2, -0.15) is 0 Å². The summed E-state index contributed by atoms with van der Waals surface area (Å²) in [6, 6.07) is 17.2. The van der Waals surface area contributed by atoms with E-state index in [0.29, 0.717) is 18.2 Å². The van der Waals surface area contributed by atoms with Crippen molar-refractivity contribution >= 4 is 28.7 Å². The van der Waals surface area contributed by atoms with Crippen molar-refractivity contribution in [2.75, 3.05) is 30.8 Å². The number of thiocarbonyl (C=S) groups is 1. The van der Waals surface area contributed by atoms with E-state index < -0.39 is 6.10 Å². The van der Waals surface area contributed by atoms with Gasteiger partial charge in [0.05, 0.1) is 18.9 Å². The number of para-hydroxylation sites is 3. The first-order valence-electron chi connectivity index (χ1n) is 7.34.